The lowest BCUT2D eigenvalue weighted by Crippen LogP contribution is -2.29. The van der Waals surface area contributed by atoms with Crippen LogP contribution in [-0.2, 0) is 4.79 Å². The third-order valence-electron chi connectivity index (χ3n) is 5.78. The number of aromatic nitrogens is 3. The van der Waals surface area contributed by atoms with Gasteiger partial charge in [-0.25, -0.2) is 4.98 Å². The van der Waals surface area contributed by atoms with Crippen LogP contribution in [0.25, 0.3) is 5.65 Å². The smallest absolute Gasteiger partial charge is 0.278 e. The van der Waals surface area contributed by atoms with Gasteiger partial charge in [0.1, 0.15) is 28.9 Å². The van der Waals surface area contributed by atoms with Gasteiger partial charge in [0.25, 0.3) is 11.5 Å². The Kier molecular flexibility index (Phi) is 7.79. The van der Waals surface area contributed by atoms with Crippen LogP contribution < -0.4 is 16.6 Å². The van der Waals surface area contributed by atoms with Crippen molar-refractivity contribution in [2.75, 3.05) is 11.1 Å². The summed E-state index contributed by atoms with van der Waals surface area (Å²) < 4.78 is 1.70. The number of rotatable bonds is 8. The van der Waals surface area contributed by atoms with Crippen molar-refractivity contribution in [3.63, 3.8) is 0 Å². The molecule has 3 N–H and O–H groups in total. The number of nitrogens with zero attached hydrogens (tertiary/aromatic N) is 4. The lowest BCUT2D eigenvalue weighted by atomic mass is 9.74. The molecule has 3 aromatic rings. The molecule has 3 rings (SSSR count). The third kappa shape index (κ3) is 5.49. The Labute approximate surface area is 199 Å². The minimum Gasteiger partial charge on any atom is -0.384 e. The second-order valence-electron chi connectivity index (χ2n) is 9.06. The standard InChI is InChI=1S/C26H30N6O2/c1-16(2)13-20(23-24(28)32-12-8-6-10-22(32)31-26(23)34)19(17(3)4)14-18(15-27)25(33)30-21-9-5-7-11-29-21/h5-12,14,16-17,19-20H,13,28H2,1-4H3,(H,29,30,33). The fourth-order valence-electron chi connectivity index (χ4n) is 4.21. The molecule has 2 atom stereocenters. The van der Waals surface area contributed by atoms with Crippen LogP contribution in [-0.4, -0.2) is 20.3 Å². The van der Waals surface area contributed by atoms with E-state index < -0.39 is 5.91 Å². The Morgan fingerprint density at radius 1 is 1.21 bits per heavy atom. The highest BCUT2D eigenvalue weighted by molar-refractivity contribution is 6.06. The van der Waals surface area contributed by atoms with E-state index in [9.17, 15) is 14.9 Å². The number of pyridine rings is 2. The number of carbonyl (C=O) groups is 1. The Balaban J connectivity index is 2.10. The molecule has 0 aromatic carbocycles. The summed E-state index contributed by atoms with van der Waals surface area (Å²) in [7, 11) is 0. The van der Waals surface area contributed by atoms with Gasteiger partial charge in [-0.3, -0.25) is 14.0 Å². The van der Waals surface area contributed by atoms with Crippen molar-refractivity contribution >= 4 is 23.2 Å². The molecule has 8 heteroatoms. The van der Waals surface area contributed by atoms with Crippen molar-refractivity contribution in [2.24, 2.45) is 17.8 Å². The average molecular weight is 459 g/mol. The first-order valence-corrected chi connectivity index (χ1v) is 11.3. The zero-order chi connectivity index (χ0) is 24.8. The van der Waals surface area contributed by atoms with Crippen LogP contribution in [0.3, 0.4) is 0 Å². The molecule has 1 amide bonds. The van der Waals surface area contributed by atoms with Gasteiger partial charge in [0, 0.05) is 12.4 Å². The molecule has 3 aromatic heterocycles. The molecule has 2 unspecified atom stereocenters. The van der Waals surface area contributed by atoms with Gasteiger partial charge in [-0.2, -0.15) is 10.2 Å². The molecule has 0 saturated carbocycles. The quantitative estimate of drug-likeness (QED) is 0.385. The lowest BCUT2D eigenvalue weighted by molar-refractivity contribution is -0.112. The molecule has 0 saturated heterocycles. The van der Waals surface area contributed by atoms with E-state index in [0.29, 0.717) is 29.3 Å². The van der Waals surface area contributed by atoms with Gasteiger partial charge in [0.2, 0.25) is 0 Å². The first kappa shape index (κ1) is 24.6. The van der Waals surface area contributed by atoms with Gasteiger partial charge in [-0.15, -0.1) is 0 Å². The van der Waals surface area contributed by atoms with Gasteiger partial charge in [0.05, 0.1) is 5.56 Å². The summed E-state index contributed by atoms with van der Waals surface area (Å²) in [5.41, 5.74) is 6.97. The molecule has 8 nitrogen and oxygen atoms in total. The zero-order valence-electron chi connectivity index (χ0n) is 19.9. The maximum atomic E-state index is 13.2. The van der Waals surface area contributed by atoms with Crippen molar-refractivity contribution < 1.29 is 4.79 Å². The summed E-state index contributed by atoms with van der Waals surface area (Å²) in [6.45, 7) is 8.13. The summed E-state index contributed by atoms with van der Waals surface area (Å²) in [6.07, 6.45) is 5.63. The third-order valence-corrected chi connectivity index (χ3v) is 5.78. The number of hydrogen-bond acceptors (Lipinski definition) is 6. The van der Waals surface area contributed by atoms with E-state index in [4.69, 9.17) is 5.73 Å². The minimum absolute atomic E-state index is 0.0185. The molecule has 0 radical (unpaired) electrons. The molecule has 0 bridgehead atoms. The van der Waals surface area contributed by atoms with E-state index in [1.807, 2.05) is 26.0 Å². The van der Waals surface area contributed by atoms with Crippen molar-refractivity contribution in [3.8, 4) is 6.07 Å². The van der Waals surface area contributed by atoms with E-state index >= 15 is 0 Å². The van der Waals surface area contributed by atoms with Crippen LogP contribution in [0.2, 0.25) is 0 Å². The van der Waals surface area contributed by atoms with Crippen LogP contribution >= 0.6 is 0 Å². The number of carbonyl (C=O) groups excluding carboxylic acids is 1. The van der Waals surface area contributed by atoms with Crippen molar-refractivity contribution in [3.05, 3.63) is 76.4 Å². The Morgan fingerprint density at radius 3 is 2.56 bits per heavy atom. The fourth-order valence-corrected chi connectivity index (χ4v) is 4.21. The summed E-state index contributed by atoms with van der Waals surface area (Å²) in [6, 6.07) is 12.5. The molecule has 0 aliphatic heterocycles. The SMILES string of the molecule is CC(C)CC(c1c(N)n2ccccc2nc1=O)C(C=C(C#N)C(=O)Nc1ccccn1)C(C)C. The van der Waals surface area contributed by atoms with Crippen LogP contribution in [0.4, 0.5) is 11.6 Å². The topological polar surface area (TPSA) is 126 Å². The largest absolute Gasteiger partial charge is 0.384 e. The number of anilines is 2. The number of fused-ring (bicyclic) bond motifs is 1. The molecule has 0 spiro atoms. The highest BCUT2D eigenvalue weighted by Crippen LogP contribution is 2.38. The Bertz CT molecular complexity index is 1290. The van der Waals surface area contributed by atoms with Crippen LogP contribution in [0.15, 0.2) is 65.2 Å². The maximum absolute atomic E-state index is 13.2. The van der Waals surface area contributed by atoms with E-state index in [1.165, 1.54) is 0 Å². The molecular formula is C26H30N6O2. The average Bonchev–Trinajstić information content (AvgIpc) is 2.79. The number of amides is 1. The predicted octanol–water partition coefficient (Wildman–Crippen LogP) is 4.16. The lowest BCUT2D eigenvalue weighted by Gasteiger charge is -2.30. The first-order valence-electron chi connectivity index (χ1n) is 11.3. The summed E-state index contributed by atoms with van der Waals surface area (Å²) >= 11 is 0. The second-order valence-corrected chi connectivity index (χ2v) is 9.06. The van der Waals surface area contributed by atoms with Crippen LogP contribution in [0, 0.1) is 29.1 Å². The summed E-state index contributed by atoms with van der Waals surface area (Å²) in [5.74, 6) is -0.232. The first-order chi connectivity index (χ1) is 16.2. The fraction of sp³-hybridized carbons (Fsp3) is 0.346. The van der Waals surface area contributed by atoms with E-state index in [1.54, 1.807) is 53.2 Å². The van der Waals surface area contributed by atoms with Gasteiger partial charge >= 0.3 is 0 Å². The minimum atomic E-state index is -0.545. The molecular weight excluding hydrogens is 428 g/mol. The summed E-state index contributed by atoms with van der Waals surface area (Å²) in [5, 5.41) is 12.4. The van der Waals surface area contributed by atoms with Gasteiger partial charge < -0.3 is 11.1 Å². The summed E-state index contributed by atoms with van der Waals surface area (Å²) in [4.78, 5) is 34.3. The van der Waals surface area contributed by atoms with Gasteiger partial charge in [-0.1, -0.05) is 45.9 Å². The van der Waals surface area contributed by atoms with Crippen molar-refractivity contribution in [1.29, 1.82) is 5.26 Å². The molecule has 176 valence electrons. The number of nitriles is 1. The van der Waals surface area contributed by atoms with E-state index in [0.717, 1.165) is 0 Å². The molecule has 0 aliphatic carbocycles. The molecule has 34 heavy (non-hydrogen) atoms. The normalized spacial score (nSPS) is 13.6. The highest BCUT2D eigenvalue weighted by atomic mass is 16.1. The van der Waals surface area contributed by atoms with Gasteiger partial charge in [0.15, 0.2) is 0 Å². The molecule has 3 heterocycles. The van der Waals surface area contributed by atoms with Crippen LogP contribution in [0.5, 0.6) is 0 Å². The van der Waals surface area contributed by atoms with Crippen LogP contribution in [0.1, 0.15) is 45.6 Å². The number of nitrogen functional groups attached to an aromatic ring is 1. The highest BCUT2D eigenvalue weighted by Gasteiger charge is 2.31. The molecule has 0 aliphatic rings. The Morgan fingerprint density at radius 2 is 1.94 bits per heavy atom. The molecule has 0 fully saturated rings. The number of allylic oxidation sites excluding steroid dienone is 1. The number of hydrogen-bond donors (Lipinski definition) is 2. The predicted molar refractivity (Wildman–Crippen MR) is 133 cm³/mol. The monoisotopic (exact) mass is 458 g/mol. The van der Waals surface area contributed by atoms with E-state index in [-0.39, 0.29) is 34.8 Å². The maximum Gasteiger partial charge on any atom is 0.278 e. The number of nitrogens with two attached hydrogens (primary N) is 1. The van der Waals surface area contributed by atoms with Crippen molar-refractivity contribution in [1.82, 2.24) is 14.4 Å². The van der Waals surface area contributed by atoms with Gasteiger partial charge in [-0.05, 0) is 54.4 Å². The van der Waals surface area contributed by atoms with Crippen molar-refractivity contribution in [2.45, 2.75) is 40.0 Å². The number of nitrogens with one attached hydrogen (secondary N) is 1. The zero-order valence-corrected chi connectivity index (χ0v) is 19.9. The van der Waals surface area contributed by atoms with E-state index in [2.05, 4.69) is 29.1 Å². The second kappa shape index (κ2) is 10.8. The Hall–Kier alpha value is -3.99.